The molecule has 1 fully saturated rings. The van der Waals surface area contributed by atoms with Gasteiger partial charge in [-0.3, -0.25) is 9.89 Å². The van der Waals surface area contributed by atoms with Gasteiger partial charge in [-0.2, -0.15) is 0 Å². The van der Waals surface area contributed by atoms with Crippen molar-refractivity contribution in [1.29, 1.82) is 0 Å². The van der Waals surface area contributed by atoms with Gasteiger partial charge in [0.25, 0.3) is 0 Å². The van der Waals surface area contributed by atoms with E-state index < -0.39 is 0 Å². The SMILES string of the molecule is CCC1CCCCN1CCNC(=NC)NCCCCN(C)C(C)C. The third-order valence-electron chi connectivity index (χ3n) is 5.25. The smallest absolute Gasteiger partial charge is 0.191 e. The summed E-state index contributed by atoms with van der Waals surface area (Å²) in [5.74, 6) is 0.942. The van der Waals surface area contributed by atoms with Crippen molar-refractivity contribution in [3.63, 3.8) is 0 Å². The van der Waals surface area contributed by atoms with Crippen LogP contribution in [0.15, 0.2) is 4.99 Å². The zero-order valence-electron chi connectivity index (χ0n) is 16.8. The zero-order valence-corrected chi connectivity index (χ0v) is 16.8. The summed E-state index contributed by atoms with van der Waals surface area (Å²) in [4.78, 5) is 9.38. The summed E-state index contributed by atoms with van der Waals surface area (Å²) in [6, 6.07) is 1.42. The second-order valence-electron chi connectivity index (χ2n) is 7.30. The average molecular weight is 340 g/mol. The molecular weight excluding hydrogens is 298 g/mol. The van der Waals surface area contributed by atoms with Crippen LogP contribution in [0.25, 0.3) is 0 Å². The summed E-state index contributed by atoms with van der Waals surface area (Å²) >= 11 is 0. The van der Waals surface area contributed by atoms with Gasteiger partial charge in [0, 0.05) is 38.8 Å². The summed E-state index contributed by atoms with van der Waals surface area (Å²) in [5, 5.41) is 6.90. The summed E-state index contributed by atoms with van der Waals surface area (Å²) in [5.41, 5.74) is 0. The van der Waals surface area contributed by atoms with Crippen LogP contribution in [0.1, 0.15) is 59.3 Å². The molecule has 0 saturated carbocycles. The standard InChI is InChI=1S/C19H41N5/c1-6-18-11-7-9-15-24(18)16-13-22-19(20-4)21-12-8-10-14-23(5)17(2)3/h17-18H,6-16H2,1-5H3,(H2,20,21,22). The van der Waals surface area contributed by atoms with E-state index in [2.05, 4.69) is 53.2 Å². The van der Waals surface area contributed by atoms with E-state index in [1.165, 1.54) is 51.6 Å². The quantitative estimate of drug-likeness (QED) is 0.365. The van der Waals surface area contributed by atoms with Crippen LogP contribution in [-0.2, 0) is 0 Å². The third kappa shape index (κ3) is 8.34. The van der Waals surface area contributed by atoms with Gasteiger partial charge in [-0.05, 0) is 66.1 Å². The lowest BCUT2D eigenvalue weighted by atomic mass is 10.0. The Bertz CT molecular complexity index is 343. The van der Waals surface area contributed by atoms with Crippen LogP contribution in [0, 0.1) is 0 Å². The Morgan fingerprint density at radius 1 is 1.21 bits per heavy atom. The summed E-state index contributed by atoms with van der Waals surface area (Å²) < 4.78 is 0. The number of aliphatic imine (C=N–C) groups is 1. The number of unbranched alkanes of at least 4 members (excludes halogenated alkanes) is 1. The highest BCUT2D eigenvalue weighted by molar-refractivity contribution is 5.79. The molecule has 142 valence electrons. The Labute approximate surface area is 150 Å². The molecule has 5 nitrogen and oxygen atoms in total. The first kappa shape index (κ1) is 21.2. The zero-order chi connectivity index (χ0) is 17.8. The Kier molecular flexibility index (Phi) is 11.1. The molecule has 1 aliphatic heterocycles. The molecule has 1 unspecified atom stereocenters. The molecule has 0 spiro atoms. The molecule has 0 aromatic heterocycles. The number of guanidine groups is 1. The van der Waals surface area contributed by atoms with E-state index in [-0.39, 0.29) is 0 Å². The molecule has 0 aliphatic carbocycles. The second-order valence-corrected chi connectivity index (χ2v) is 7.30. The number of hydrogen-bond acceptors (Lipinski definition) is 3. The van der Waals surface area contributed by atoms with E-state index in [9.17, 15) is 0 Å². The summed E-state index contributed by atoms with van der Waals surface area (Å²) in [6.07, 6.45) is 7.81. The van der Waals surface area contributed by atoms with E-state index in [0.717, 1.165) is 31.6 Å². The fraction of sp³-hybridized carbons (Fsp3) is 0.947. The summed E-state index contributed by atoms with van der Waals surface area (Å²) in [6.45, 7) is 12.3. The average Bonchev–Trinajstić information content (AvgIpc) is 2.59. The normalized spacial score (nSPS) is 20.0. The first-order valence-corrected chi connectivity index (χ1v) is 9.97. The van der Waals surface area contributed by atoms with Crippen molar-refractivity contribution < 1.29 is 0 Å². The Hall–Kier alpha value is -0.810. The van der Waals surface area contributed by atoms with Gasteiger partial charge >= 0.3 is 0 Å². The van der Waals surface area contributed by atoms with E-state index in [1.807, 2.05) is 7.05 Å². The minimum absolute atomic E-state index is 0.633. The van der Waals surface area contributed by atoms with Crippen molar-refractivity contribution in [2.24, 2.45) is 4.99 Å². The Balaban J connectivity index is 2.12. The lowest BCUT2D eigenvalue weighted by molar-refractivity contribution is 0.147. The molecule has 1 heterocycles. The van der Waals surface area contributed by atoms with Crippen LogP contribution in [0.2, 0.25) is 0 Å². The predicted octanol–water partition coefficient (Wildman–Crippen LogP) is 2.54. The largest absolute Gasteiger partial charge is 0.356 e. The van der Waals surface area contributed by atoms with E-state index in [0.29, 0.717) is 6.04 Å². The lowest BCUT2D eigenvalue weighted by Gasteiger charge is -2.35. The van der Waals surface area contributed by atoms with E-state index >= 15 is 0 Å². The first-order chi connectivity index (χ1) is 11.6. The fourth-order valence-corrected chi connectivity index (χ4v) is 3.31. The van der Waals surface area contributed by atoms with Crippen LogP contribution in [0.3, 0.4) is 0 Å². The van der Waals surface area contributed by atoms with E-state index in [4.69, 9.17) is 0 Å². The molecule has 1 aliphatic rings. The lowest BCUT2D eigenvalue weighted by Crippen LogP contribution is -2.46. The second kappa shape index (κ2) is 12.5. The fourth-order valence-electron chi connectivity index (χ4n) is 3.31. The number of nitrogens with zero attached hydrogens (tertiary/aromatic N) is 3. The minimum Gasteiger partial charge on any atom is -0.356 e. The van der Waals surface area contributed by atoms with Crippen LogP contribution in [0.4, 0.5) is 0 Å². The summed E-state index contributed by atoms with van der Waals surface area (Å²) in [7, 11) is 4.06. The van der Waals surface area contributed by atoms with Gasteiger partial charge < -0.3 is 15.5 Å². The van der Waals surface area contributed by atoms with Crippen molar-refractivity contribution in [2.45, 2.75) is 71.4 Å². The topological polar surface area (TPSA) is 42.9 Å². The Morgan fingerprint density at radius 2 is 1.96 bits per heavy atom. The molecule has 24 heavy (non-hydrogen) atoms. The maximum absolute atomic E-state index is 4.34. The molecule has 1 saturated heterocycles. The molecule has 5 heteroatoms. The predicted molar refractivity (Wildman–Crippen MR) is 106 cm³/mol. The number of nitrogens with one attached hydrogen (secondary N) is 2. The number of rotatable bonds is 10. The molecule has 0 bridgehead atoms. The maximum atomic E-state index is 4.34. The van der Waals surface area contributed by atoms with Crippen molar-refractivity contribution in [2.75, 3.05) is 46.8 Å². The number of likely N-dealkylation sites (tertiary alicyclic amines) is 1. The van der Waals surface area contributed by atoms with Crippen molar-refractivity contribution in [3.05, 3.63) is 0 Å². The van der Waals surface area contributed by atoms with Gasteiger partial charge in [0.15, 0.2) is 5.96 Å². The molecule has 1 atom stereocenters. The Morgan fingerprint density at radius 3 is 2.62 bits per heavy atom. The van der Waals surface area contributed by atoms with Crippen LogP contribution in [0.5, 0.6) is 0 Å². The maximum Gasteiger partial charge on any atom is 0.191 e. The number of hydrogen-bond donors (Lipinski definition) is 2. The highest BCUT2D eigenvalue weighted by Crippen LogP contribution is 2.18. The van der Waals surface area contributed by atoms with Crippen LogP contribution in [-0.4, -0.2) is 74.7 Å². The van der Waals surface area contributed by atoms with Gasteiger partial charge in [0.05, 0.1) is 0 Å². The van der Waals surface area contributed by atoms with Gasteiger partial charge in [0.2, 0.25) is 0 Å². The monoisotopic (exact) mass is 339 g/mol. The van der Waals surface area contributed by atoms with Gasteiger partial charge in [-0.15, -0.1) is 0 Å². The third-order valence-corrected chi connectivity index (χ3v) is 5.25. The highest BCUT2D eigenvalue weighted by atomic mass is 15.2. The van der Waals surface area contributed by atoms with Gasteiger partial charge in [0.1, 0.15) is 0 Å². The number of piperidine rings is 1. The van der Waals surface area contributed by atoms with Crippen molar-refractivity contribution in [1.82, 2.24) is 20.4 Å². The minimum atomic E-state index is 0.633. The van der Waals surface area contributed by atoms with Crippen molar-refractivity contribution in [3.8, 4) is 0 Å². The van der Waals surface area contributed by atoms with Gasteiger partial charge in [-0.1, -0.05) is 13.3 Å². The molecule has 2 N–H and O–H groups in total. The molecular formula is C19H41N5. The molecule has 0 aromatic rings. The van der Waals surface area contributed by atoms with Crippen LogP contribution < -0.4 is 10.6 Å². The molecule has 0 aromatic carbocycles. The molecule has 0 radical (unpaired) electrons. The van der Waals surface area contributed by atoms with Crippen molar-refractivity contribution >= 4 is 5.96 Å². The first-order valence-electron chi connectivity index (χ1n) is 9.97. The van der Waals surface area contributed by atoms with E-state index in [1.54, 1.807) is 0 Å². The molecule has 0 amide bonds. The van der Waals surface area contributed by atoms with Crippen LogP contribution >= 0.6 is 0 Å². The molecule has 1 rings (SSSR count). The highest BCUT2D eigenvalue weighted by Gasteiger charge is 2.19. The van der Waals surface area contributed by atoms with Gasteiger partial charge in [-0.25, -0.2) is 0 Å².